The number of hydrogen-bond acceptors (Lipinski definition) is 2. The fourth-order valence-electron chi connectivity index (χ4n) is 4.87. The minimum absolute atomic E-state index is 0.147. The van der Waals surface area contributed by atoms with Gasteiger partial charge < -0.3 is 9.22 Å². The van der Waals surface area contributed by atoms with Crippen LogP contribution in [0.15, 0.2) is 12.1 Å². The lowest BCUT2D eigenvalue weighted by molar-refractivity contribution is -0.947. The van der Waals surface area contributed by atoms with Crippen molar-refractivity contribution in [2.45, 2.75) is 58.9 Å². The fraction of sp³-hybridized carbons (Fsp3) is 0.667. The van der Waals surface area contributed by atoms with Crippen molar-refractivity contribution < 1.29 is 14.0 Å². The van der Waals surface area contributed by atoms with Gasteiger partial charge in [-0.25, -0.2) is 4.79 Å². The van der Waals surface area contributed by atoms with E-state index in [1.54, 1.807) is 0 Å². The number of nitrogens with zero attached hydrogens (tertiary/aromatic N) is 1. The maximum Gasteiger partial charge on any atom is 0.338 e. The molecule has 0 radical (unpaired) electrons. The van der Waals surface area contributed by atoms with Crippen LogP contribution in [0.25, 0.3) is 0 Å². The van der Waals surface area contributed by atoms with Crippen molar-refractivity contribution in [2.75, 3.05) is 26.7 Å². The lowest BCUT2D eigenvalue weighted by Crippen LogP contribution is -2.61. The molecule has 2 saturated heterocycles. The van der Waals surface area contributed by atoms with Gasteiger partial charge in [-0.3, -0.25) is 0 Å². The van der Waals surface area contributed by atoms with E-state index in [2.05, 4.69) is 27.0 Å². The third-order valence-electron chi connectivity index (χ3n) is 6.50. The average molecular weight is 330 g/mol. The summed E-state index contributed by atoms with van der Waals surface area (Å²) in [7, 11) is 2.41. The van der Waals surface area contributed by atoms with Crippen LogP contribution in [0.2, 0.25) is 0 Å². The zero-order valence-electron chi connectivity index (χ0n) is 15.7. The van der Waals surface area contributed by atoms with Gasteiger partial charge in [0.05, 0.1) is 31.7 Å². The second kappa shape index (κ2) is 6.87. The zero-order chi connectivity index (χ0) is 17.3. The summed E-state index contributed by atoms with van der Waals surface area (Å²) in [4.78, 5) is 12.6. The molecule has 0 N–H and O–H groups in total. The molecule has 1 aromatic carbocycles. The minimum atomic E-state index is -0.147. The van der Waals surface area contributed by atoms with Gasteiger partial charge in [-0.2, -0.15) is 0 Å². The summed E-state index contributed by atoms with van der Waals surface area (Å²) in [6, 6.07) is 4.75. The number of esters is 1. The van der Waals surface area contributed by atoms with Gasteiger partial charge in [0.2, 0.25) is 0 Å². The van der Waals surface area contributed by atoms with Crippen molar-refractivity contribution in [2.24, 2.45) is 5.92 Å². The molecule has 3 nitrogen and oxygen atoms in total. The zero-order valence-corrected chi connectivity index (χ0v) is 15.7. The van der Waals surface area contributed by atoms with E-state index in [9.17, 15) is 4.79 Å². The van der Waals surface area contributed by atoms with Gasteiger partial charge in [-0.15, -0.1) is 0 Å². The van der Waals surface area contributed by atoms with E-state index in [0.29, 0.717) is 18.6 Å². The highest BCUT2D eigenvalue weighted by Gasteiger charge is 2.43. The second-order valence-electron chi connectivity index (χ2n) is 8.24. The van der Waals surface area contributed by atoms with Gasteiger partial charge in [0.25, 0.3) is 0 Å². The number of aryl methyl sites for hydroxylation is 3. The predicted molar refractivity (Wildman–Crippen MR) is 97.2 cm³/mol. The molecule has 2 aliphatic rings. The quantitative estimate of drug-likeness (QED) is 0.614. The SMILES string of the molecule is Cc1cc(C)c(C(=O)OC[C@@H]2CCC[N+]3(C)CCCC[C@H]23)cc1C. The summed E-state index contributed by atoms with van der Waals surface area (Å²) in [5.74, 6) is 0.381. The van der Waals surface area contributed by atoms with E-state index in [1.165, 1.54) is 55.2 Å². The van der Waals surface area contributed by atoms with E-state index in [1.807, 2.05) is 13.0 Å². The van der Waals surface area contributed by atoms with E-state index in [-0.39, 0.29) is 5.97 Å². The van der Waals surface area contributed by atoms with Gasteiger partial charge in [0.15, 0.2) is 0 Å². The molecule has 3 heteroatoms. The Bertz CT molecular complexity index is 621. The summed E-state index contributed by atoms with van der Waals surface area (Å²) in [5, 5.41) is 0. The second-order valence-corrected chi connectivity index (χ2v) is 8.24. The summed E-state index contributed by atoms with van der Waals surface area (Å²) in [5.41, 5.74) is 4.13. The molecule has 0 spiro atoms. The maximum absolute atomic E-state index is 12.6. The van der Waals surface area contributed by atoms with E-state index in [0.717, 1.165) is 16.7 Å². The van der Waals surface area contributed by atoms with Crippen molar-refractivity contribution in [1.82, 2.24) is 0 Å². The first kappa shape index (κ1) is 17.5. The predicted octanol–water partition coefficient (Wildman–Crippen LogP) is 4.18. The highest BCUT2D eigenvalue weighted by atomic mass is 16.5. The lowest BCUT2D eigenvalue weighted by atomic mass is 9.82. The standard InChI is InChI=1S/C21H32NO2/c1-15-12-17(3)19(13-16(15)2)21(23)24-14-18-8-7-11-22(4)10-6-5-9-20(18)22/h12-13,18,20H,5-11,14H2,1-4H3/q+1/t18-,20+,22?/m0/s1. The van der Waals surface area contributed by atoms with Crippen LogP contribution in [0.5, 0.6) is 0 Å². The molecule has 2 fully saturated rings. The number of fused-ring (bicyclic) bond motifs is 1. The van der Waals surface area contributed by atoms with Crippen molar-refractivity contribution in [3.63, 3.8) is 0 Å². The van der Waals surface area contributed by atoms with Crippen LogP contribution in [-0.4, -0.2) is 43.2 Å². The largest absolute Gasteiger partial charge is 0.462 e. The molecule has 0 bridgehead atoms. The Morgan fingerprint density at radius 2 is 1.75 bits per heavy atom. The molecule has 0 amide bonds. The average Bonchev–Trinajstić information content (AvgIpc) is 2.55. The van der Waals surface area contributed by atoms with Crippen molar-refractivity contribution >= 4 is 5.97 Å². The minimum Gasteiger partial charge on any atom is -0.462 e. The highest BCUT2D eigenvalue weighted by molar-refractivity contribution is 5.91. The molecule has 1 unspecified atom stereocenters. The summed E-state index contributed by atoms with van der Waals surface area (Å²) in [6.07, 6.45) is 6.44. The van der Waals surface area contributed by atoms with Gasteiger partial charge in [0, 0.05) is 12.3 Å². The lowest BCUT2D eigenvalue weighted by Gasteiger charge is -2.51. The number of quaternary nitrogens is 1. The third kappa shape index (κ3) is 3.37. The molecular formula is C21H32NO2+. The number of carbonyl (C=O) groups is 1. The van der Waals surface area contributed by atoms with Crippen LogP contribution in [0.4, 0.5) is 0 Å². The number of hydrogen-bond donors (Lipinski definition) is 0. The molecule has 3 atom stereocenters. The van der Waals surface area contributed by atoms with Crippen LogP contribution in [0.1, 0.15) is 59.2 Å². The maximum atomic E-state index is 12.6. The Hall–Kier alpha value is -1.35. The number of rotatable bonds is 3. The van der Waals surface area contributed by atoms with Crippen LogP contribution < -0.4 is 0 Å². The number of ether oxygens (including phenoxy) is 1. The first-order valence-corrected chi connectivity index (χ1v) is 9.50. The van der Waals surface area contributed by atoms with Crippen molar-refractivity contribution in [3.8, 4) is 0 Å². The molecule has 2 aliphatic heterocycles. The molecule has 1 aromatic rings. The molecule has 24 heavy (non-hydrogen) atoms. The van der Waals surface area contributed by atoms with Crippen LogP contribution >= 0.6 is 0 Å². The van der Waals surface area contributed by atoms with Crippen LogP contribution in [0, 0.1) is 26.7 Å². The first-order chi connectivity index (χ1) is 11.4. The monoisotopic (exact) mass is 330 g/mol. The van der Waals surface area contributed by atoms with Gasteiger partial charge in [0.1, 0.15) is 6.61 Å². The summed E-state index contributed by atoms with van der Waals surface area (Å²) in [6.45, 7) is 9.32. The van der Waals surface area contributed by atoms with E-state index in [4.69, 9.17) is 4.74 Å². The molecular weight excluding hydrogens is 298 g/mol. The number of piperidine rings is 2. The van der Waals surface area contributed by atoms with Gasteiger partial charge >= 0.3 is 5.97 Å². The summed E-state index contributed by atoms with van der Waals surface area (Å²) < 4.78 is 6.99. The molecule has 132 valence electrons. The third-order valence-corrected chi connectivity index (χ3v) is 6.50. The Kier molecular flexibility index (Phi) is 5.00. The van der Waals surface area contributed by atoms with Crippen molar-refractivity contribution in [1.29, 1.82) is 0 Å². The van der Waals surface area contributed by atoms with Crippen LogP contribution in [0.3, 0.4) is 0 Å². The van der Waals surface area contributed by atoms with Crippen LogP contribution in [-0.2, 0) is 4.74 Å². The van der Waals surface area contributed by atoms with Gasteiger partial charge in [-0.1, -0.05) is 6.07 Å². The number of carbonyl (C=O) groups excluding carboxylic acids is 1. The Morgan fingerprint density at radius 3 is 2.54 bits per heavy atom. The van der Waals surface area contributed by atoms with Crippen molar-refractivity contribution in [3.05, 3.63) is 34.4 Å². The Morgan fingerprint density at radius 1 is 1.04 bits per heavy atom. The first-order valence-electron chi connectivity index (χ1n) is 9.50. The smallest absolute Gasteiger partial charge is 0.338 e. The van der Waals surface area contributed by atoms with E-state index < -0.39 is 0 Å². The molecule has 0 saturated carbocycles. The molecule has 0 aromatic heterocycles. The Labute approximate surface area is 146 Å². The van der Waals surface area contributed by atoms with E-state index >= 15 is 0 Å². The summed E-state index contributed by atoms with van der Waals surface area (Å²) >= 11 is 0. The molecule has 0 aliphatic carbocycles. The van der Waals surface area contributed by atoms with Gasteiger partial charge in [-0.05, 0) is 69.2 Å². The number of benzene rings is 1. The fourth-order valence-corrected chi connectivity index (χ4v) is 4.87. The molecule has 2 heterocycles. The topological polar surface area (TPSA) is 26.3 Å². The highest BCUT2D eigenvalue weighted by Crippen LogP contribution is 2.36. The molecule has 3 rings (SSSR count). The Balaban J connectivity index is 1.67. The normalized spacial score (nSPS) is 29.8.